The van der Waals surface area contributed by atoms with Crippen molar-refractivity contribution in [3.8, 4) is 0 Å². The van der Waals surface area contributed by atoms with Crippen molar-refractivity contribution in [2.24, 2.45) is 7.05 Å². The number of fused-ring (bicyclic) bond motifs is 1. The molecule has 2 atom stereocenters. The second kappa shape index (κ2) is 5.84. The van der Waals surface area contributed by atoms with Gasteiger partial charge in [-0.2, -0.15) is 0 Å². The number of aromatic nitrogens is 1. The Morgan fingerprint density at radius 2 is 1.70 bits per heavy atom. The van der Waals surface area contributed by atoms with Gasteiger partial charge in [0.25, 0.3) is 11.7 Å². The van der Waals surface area contributed by atoms with Gasteiger partial charge >= 0.3 is 0 Å². The van der Waals surface area contributed by atoms with Crippen LogP contribution >= 0.6 is 0 Å². The Labute approximate surface area is 137 Å². The van der Waals surface area contributed by atoms with E-state index in [1.165, 1.54) is 0 Å². The summed E-state index contributed by atoms with van der Waals surface area (Å²) in [6.07, 6.45) is 3.06. The average molecular weight is 312 g/mol. The van der Waals surface area contributed by atoms with Crippen molar-refractivity contribution in [1.29, 1.82) is 0 Å². The first-order valence-electron chi connectivity index (χ1n) is 8.34. The fourth-order valence-corrected chi connectivity index (χ4v) is 3.85. The van der Waals surface area contributed by atoms with Gasteiger partial charge in [-0.15, -0.1) is 0 Å². The topological polar surface area (TPSA) is 42.3 Å². The number of benzene rings is 1. The Morgan fingerprint density at radius 3 is 2.35 bits per heavy atom. The molecule has 2 heterocycles. The smallest absolute Gasteiger partial charge is 0.295 e. The van der Waals surface area contributed by atoms with Gasteiger partial charge in [-0.25, -0.2) is 0 Å². The monoisotopic (exact) mass is 312 g/mol. The third-order valence-corrected chi connectivity index (χ3v) is 5.25. The van der Waals surface area contributed by atoms with Crippen molar-refractivity contribution in [1.82, 2.24) is 9.47 Å². The molecular formula is C19H24N2O2. The maximum absolute atomic E-state index is 13.0. The number of carbonyl (C=O) groups is 2. The summed E-state index contributed by atoms with van der Waals surface area (Å²) in [4.78, 5) is 27.7. The van der Waals surface area contributed by atoms with Crippen LogP contribution in [0.2, 0.25) is 0 Å². The Morgan fingerprint density at radius 1 is 1.09 bits per heavy atom. The summed E-state index contributed by atoms with van der Waals surface area (Å²) in [5.41, 5.74) is 2.39. The largest absolute Gasteiger partial charge is 0.347 e. The van der Waals surface area contributed by atoms with E-state index in [0.29, 0.717) is 5.56 Å². The van der Waals surface area contributed by atoms with E-state index in [4.69, 9.17) is 0 Å². The minimum absolute atomic E-state index is 0.130. The molecule has 0 bridgehead atoms. The van der Waals surface area contributed by atoms with E-state index in [-0.39, 0.29) is 23.8 Å². The zero-order valence-corrected chi connectivity index (χ0v) is 14.3. The highest BCUT2D eigenvalue weighted by atomic mass is 16.2. The summed E-state index contributed by atoms with van der Waals surface area (Å²) < 4.78 is 1.99. The lowest BCUT2D eigenvalue weighted by Crippen LogP contribution is -2.50. The first kappa shape index (κ1) is 15.8. The van der Waals surface area contributed by atoms with Gasteiger partial charge in [-0.1, -0.05) is 18.2 Å². The van der Waals surface area contributed by atoms with Gasteiger partial charge in [0.1, 0.15) is 0 Å². The van der Waals surface area contributed by atoms with Crippen molar-refractivity contribution in [2.45, 2.75) is 52.1 Å². The summed E-state index contributed by atoms with van der Waals surface area (Å²) in [7, 11) is 1.94. The SMILES string of the molecule is Cc1c(C(=O)C(=O)N2C(C)CCCC2C)c2ccccc2n1C. The number of para-hydroxylation sites is 1. The van der Waals surface area contributed by atoms with Gasteiger partial charge in [0.2, 0.25) is 0 Å². The molecule has 3 rings (SSSR count). The van der Waals surface area contributed by atoms with Crippen LogP contribution < -0.4 is 0 Å². The maximum atomic E-state index is 13.0. The van der Waals surface area contributed by atoms with E-state index in [9.17, 15) is 9.59 Å². The number of rotatable bonds is 2. The van der Waals surface area contributed by atoms with Crippen LogP contribution in [0, 0.1) is 6.92 Å². The van der Waals surface area contributed by atoms with Crippen LogP contribution in [0.4, 0.5) is 0 Å². The molecule has 1 saturated heterocycles. The minimum atomic E-state index is -0.375. The predicted molar refractivity (Wildman–Crippen MR) is 91.6 cm³/mol. The number of amides is 1. The lowest BCUT2D eigenvalue weighted by atomic mass is 9.95. The Kier molecular flexibility index (Phi) is 4.00. The summed E-state index contributed by atoms with van der Waals surface area (Å²) in [5.74, 6) is -0.732. The molecule has 23 heavy (non-hydrogen) atoms. The van der Waals surface area contributed by atoms with Gasteiger partial charge in [-0.3, -0.25) is 9.59 Å². The van der Waals surface area contributed by atoms with Crippen molar-refractivity contribution < 1.29 is 9.59 Å². The molecule has 122 valence electrons. The normalized spacial score (nSPS) is 21.7. The fraction of sp³-hybridized carbons (Fsp3) is 0.474. The number of Topliss-reactive ketones (excluding diaryl/α,β-unsaturated/α-hetero) is 1. The number of likely N-dealkylation sites (tertiary alicyclic amines) is 1. The van der Waals surface area contributed by atoms with E-state index in [0.717, 1.165) is 35.9 Å². The molecule has 4 nitrogen and oxygen atoms in total. The van der Waals surface area contributed by atoms with Crippen LogP contribution in [-0.2, 0) is 11.8 Å². The van der Waals surface area contributed by atoms with E-state index in [1.807, 2.05) is 56.7 Å². The number of piperidine rings is 1. The average Bonchev–Trinajstić information content (AvgIpc) is 2.78. The molecule has 2 unspecified atom stereocenters. The van der Waals surface area contributed by atoms with Crippen LogP contribution in [0.25, 0.3) is 10.9 Å². The van der Waals surface area contributed by atoms with Crippen LogP contribution in [0.3, 0.4) is 0 Å². The quantitative estimate of drug-likeness (QED) is 0.629. The van der Waals surface area contributed by atoms with Crippen LogP contribution in [-0.4, -0.2) is 33.2 Å². The standard InChI is InChI=1S/C19H24N2O2/c1-12-8-7-9-13(2)21(12)19(23)18(22)17-14(3)20(4)16-11-6-5-10-15(16)17/h5-6,10-13H,7-9H2,1-4H3. The van der Waals surface area contributed by atoms with E-state index in [2.05, 4.69) is 0 Å². The molecule has 1 aliphatic rings. The van der Waals surface area contributed by atoms with Crippen molar-refractivity contribution in [2.75, 3.05) is 0 Å². The third kappa shape index (κ3) is 2.46. The highest BCUT2D eigenvalue weighted by Gasteiger charge is 2.35. The lowest BCUT2D eigenvalue weighted by Gasteiger charge is -2.38. The van der Waals surface area contributed by atoms with Crippen molar-refractivity contribution in [3.63, 3.8) is 0 Å². The number of carbonyl (C=O) groups excluding carboxylic acids is 2. The van der Waals surface area contributed by atoms with Crippen LogP contribution in [0.1, 0.15) is 49.2 Å². The zero-order valence-electron chi connectivity index (χ0n) is 14.3. The van der Waals surface area contributed by atoms with Crippen LogP contribution in [0.5, 0.6) is 0 Å². The number of hydrogen-bond donors (Lipinski definition) is 0. The number of aryl methyl sites for hydroxylation is 1. The second-order valence-electron chi connectivity index (χ2n) is 6.71. The molecule has 2 aromatic rings. The highest BCUT2D eigenvalue weighted by Crippen LogP contribution is 2.28. The number of ketones is 1. The summed E-state index contributed by atoms with van der Waals surface area (Å²) in [6.45, 7) is 5.98. The molecule has 0 radical (unpaired) electrons. The second-order valence-corrected chi connectivity index (χ2v) is 6.71. The van der Waals surface area contributed by atoms with Gasteiger partial charge in [0, 0.05) is 35.7 Å². The highest BCUT2D eigenvalue weighted by molar-refractivity contribution is 6.45. The number of hydrogen-bond acceptors (Lipinski definition) is 2. The van der Waals surface area contributed by atoms with Gasteiger partial charge in [0.15, 0.2) is 0 Å². The van der Waals surface area contributed by atoms with Crippen LogP contribution in [0.15, 0.2) is 24.3 Å². The molecular weight excluding hydrogens is 288 g/mol. The lowest BCUT2D eigenvalue weighted by molar-refractivity contribution is -0.132. The molecule has 4 heteroatoms. The van der Waals surface area contributed by atoms with E-state index in [1.54, 1.807) is 4.90 Å². The Balaban J connectivity index is 2.04. The molecule has 1 fully saturated rings. The fourth-order valence-electron chi connectivity index (χ4n) is 3.85. The van der Waals surface area contributed by atoms with Crippen molar-refractivity contribution >= 4 is 22.6 Å². The van der Waals surface area contributed by atoms with E-state index < -0.39 is 0 Å². The molecule has 1 amide bonds. The number of nitrogens with zero attached hydrogens (tertiary/aromatic N) is 2. The molecule has 0 aliphatic carbocycles. The third-order valence-electron chi connectivity index (χ3n) is 5.25. The molecule has 1 aromatic carbocycles. The summed E-state index contributed by atoms with van der Waals surface area (Å²) in [6, 6.07) is 8.03. The minimum Gasteiger partial charge on any atom is -0.347 e. The van der Waals surface area contributed by atoms with Gasteiger partial charge in [-0.05, 0) is 46.1 Å². The summed E-state index contributed by atoms with van der Waals surface area (Å²) in [5, 5.41) is 0.864. The molecule has 0 spiro atoms. The maximum Gasteiger partial charge on any atom is 0.295 e. The van der Waals surface area contributed by atoms with Crippen molar-refractivity contribution in [3.05, 3.63) is 35.5 Å². The molecule has 0 saturated carbocycles. The predicted octanol–water partition coefficient (Wildman–Crippen LogP) is 3.46. The van der Waals surface area contributed by atoms with Gasteiger partial charge in [0.05, 0.1) is 5.56 Å². The summed E-state index contributed by atoms with van der Waals surface area (Å²) >= 11 is 0. The molecule has 1 aliphatic heterocycles. The molecule has 0 N–H and O–H groups in total. The zero-order chi connectivity index (χ0) is 16.7. The Hall–Kier alpha value is -2.10. The first-order chi connectivity index (χ1) is 10.9. The Bertz CT molecular complexity index is 765. The molecule has 1 aromatic heterocycles. The first-order valence-corrected chi connectivity index (χ1v) is 8.34. The van der Waals surface area contributed by atoms with Gasteiger partial charge < -0.3 is 9.47 Å². The van der Waals surface area contributed by atoms with E-state index >= 15 is 0 Å².